The zero-order valence-electron chi connectivity index (χ0n) is 7.87. The van der Waals surface area contributed by atoms with E-state index in [1.807, 2.05) is 6.92 Å². The van der Waals surface area contributed by atoms with E-state index in [0.717, 1.165) is 0 Å². The van der Waals surface area contributed by atoms with Gasteiger partial charge in [-0.3, -0.25) is 4.79 Å². The predicted molar refractivity (Wildman–Crippen MR) is 56.5 cm³/mol. The summed E-state index contributed by atoms with van der Waals surface area (Å²) in [6, 6.07) is 6.73. The number of ether oxygens (including phenoxy) is 1. The lowest BCUT2D eigenvalue weighted by atomic mass is 10.1. The molecule has 0 aromatic heterocycles. The highest BCUT2D eigenvalue weighted by Gasteiger charge is 2.00. The molecule has 0 amide bonds. The standard InChI is InChI=1S/C11H11ClO2/c1-2-14-8-7-11(13)9-3-5-10(12)6-4-9/h3-8H,2H2,1H3/b8-7+. The quantitative estimate of drug-likeness (QED) is 0.434. The van der Waals surface area contributed by atoms with E-state index in [1.54, 1.807) is 24.3 Å². The molecule has 0 aliphatic carbocycles. The smallest absolute Gasteiger partial charge is 0.188 e. The Balaban J connectivity index is 2.65. The highest BCUT2D eigenvalue weighted by atomic mass is 35.5. The van der Waals surface area contributed by atoms with E-state index < -0.39 is 0 Å². The second kappa shape index (κ2) is 5.45. The van der Waals surface area contributed by atoms with Gasteiger partial charge in [0, 0.05) is 16.7 Å². The Bertz CT molecular complexity index is 328. The minimum absolute atomic E-state index is 0.0879. The molecule has 3 heteroatoms. The van der Waals surface area contributed by atoms with E-state index in [-0.39, 0.29) is 5.78 Å². The molecular weight excluding hydrogens is 200 g/mol. The van der Waals surface area contributed by atoms with E-state index >= 15 is 0 Å². The molecule has 0 heterocycles. The number of rotatable bonds is 4. The fraction of sp³-hybridized carbons (Fsp3) is 0.182. The number of halogens is 1. The Labute approximate surface area is 88.1 Å². The van der Waals surface area contributed by atoms with Crippen LogP contribution in [-0.2, 0) is 4.74 Å². The van der Waals surface area contributed by atoms with Crippen molar-refractivity contribution in [2.24, 2.45) is 0 Å². The number of benzene rings is 1. The topological polar surface area (TPSA) is 26.3 Å². The van der Waals surface area contributed by atoms with Crippen molar-refractivity contribution in [1.82, 2.24) is 0 Å². The number of carbonyl (C=O) groups excluding carboxylic acids is 1. The third kappa shape index (κ3) is 3.23. The van der Waals surface area contributed by atoms with Crippen molar-refractivity contribution in [1.29, 1.82) is 0 Å². The van der Waals surface area contributed by atoms with Gasteiger partial charge in [-0.15, -0.1) is 0 Å². The Morgan fingerprint density at radius 3 is 2.64 bits per heavy atom. The molecule has 0 saturated heterocycles. The van der Waals surface area contributed by atoms with Crippen LogP contribution in [0.25, 0.3) is 0 Å². The summed E-state index contributed by atoms with van der Waals surface area (Å²) in [5.74, 6) is -0.0879. The molecule has 1 rings (SSSR count). The lowest BCUT2D eigenvalue weighted by Crippen LogP contribution is -1.93. The maximum atomic E-state index is 11.4. The van der Waals surface area contributed by atoms with Gasteiger partial charge in [0.2, 0.25) is 0 Å². The predicted octanol–water partition coefficient (Wildman–Crippen LogP) is 3.07. The molecule has 0 aliphatic heterocycles. The maximum absolute atomic E-state index is 11.4. The van der Waals surface area contributed by atoms with Crippen LogP contribution in [0, 0.1) is 0 Å². The molecule has 0 unspecified atom stereocenters. The summed E-state index contributed by atoms with van der Waals surface area (Å²) >= 11 is 5.69. The average Bonchev–Trinajstić information content (AvgIpc) is 2.19. The molecule has 74 valence electrons. The number of hydrogen-bond acceptors (Lipinski definition) is 2. The van der Waals surface area contributed by atoms with Gasteiger partial charge in [-0.1, -0.05) is 11.6 Å². The molecule has 1 aromatic rings. The normalized spacial score (nSPS) is 10.4. The van der Waals surface area contributed by atoms with Crippen LogP contribution >= 0.6 is 11.6 Å². The number of ketones is 1. The maximum Gasteiger partial charge on any atom is 0.188 e. The Hall–Kier alpha value is -1.28. The van der Waals surface area contributed by atoms with E-state index in [4.69, 9.17) is 16.3 Å². The Morgan fingerprint density at radius 2 is 2.07 bits per heavy atom. The van der Waals surface area contributed by atoms with Crippen LogP contribution in [0.5, 0.6) is 0 Å². The minimum Gasteiger partial charge on any atom is -0.501 e. The van der Waals surface area contributed by atoms with Gasteiger partial charge in [0.25, 0.3) is 0 Å². The van der Waals surface area contributed by atoms with Crippen molar-refractivity contribution >= 4 is 17.4 Å². The first-order chi connectivity index (χ1) is 6.74. The minimum atomic E-state index is -0.0879. The molecule has 0 saturated carbocycles. The second-order valence-electron chi connectivity index (χ2n) is 2.63. The van der Waals surface area contributed by atoms with Gasteiger partial charge in [-0.25, -0.2) is 0 Å². The highest BCUT2D eigenvalue weighted by Crippen LogP contribution is 2.10. The molecule has 0 radical (unpaired) electrons. The summed E-state index contributed by atoms with van der Waals surface area (Å²) in [4.78, 5) is 11.4. The summed E-state index contributed by atoms with van der Waals surface area (Å²) in [6.07, 6.45) is 2.80. The molecule has 0 N–H and O–H groups in total. The van der Waals surface area contributed by atoms with Crippen LogP contribution in [0.2, 0.25) is 5.02 Å². The third-order valence-electron chi connectivity index (χ3n) is 1.61. The van der Waals surface area contributed by atoms with Gasteiger partial charge in [0.15, 0.2) is 5.78 Å². The third-order valence-corrected chi connectivity index (χ3v) is 1.86. The van der Waals surface area contributed by atoms with Crippen LogP contribution < -0.4 is 0 Å². The molecule has 0 fully saturated rings. The van der Waals surface area contributed by atoms with Gasteiger partial charge in [-0.05, 0) is 31.2 Å². The van der Waals surface area contributed by atoms with Crippen LogP contribution in [0.3, 0.4) is 0 Å². The fourth-order valence-corrected chi connectivity index (χ4v) is 1.04. The first-order valence-corrected chi connectivity index (χ1v) is 4.70. The summed E-state index contributed by atoms with van der Waals surface area (Å²) in [6.45, 7) is 2.42. The van der Waals surface area contributed by atoms with Gasteiger partial charge < -0.3 is 4.74 Å². The number of carbonyl (C=O) groups is 1. The van der Waals surface area contributed by atoms with Crippen molar-refractivity contribution in [3.63, 3.8) is 0 Å². The highest BCUT2D eigenvalue weighted by molar-refractivity contribution is 6.30. The van der Waals surface area contributed by atoms with Gasteiger partial charge >= 0.3 is 0 Å². The monoisotopic (exact) mass is 210 g/mol. The largest absolute Gasteiger partial charge is 0.501 e. The molecule has 1 aromatic carbocycles. The van der Waals surface area contributed by atoms with Crippen LogP contribution in [0.15, 0.2) is 36.6 Å². The molecule has 14 heavy (non-hydrogen) atoms. The van der Waals surface area contributed by atoms with Crippen molar-refractivity contribution in [2.75, 3.05) is 6.61 Å². The zero-order valence-corrected chi connectivity index (χ0v) is 8.62. The summed E-state index contributed by atoms with van der Waals surface area (Å²) in [5.41, 5.74) is 0.602. The summed E-state index contributed by atoms with van der Waals surface area (Å²) in [7, 11) is 0. The molecule has 0 atom stereocenters. The van der Waals surface area contributed by atoms with Gasteiger partial charge in [-0.2, -0.15) is 0 Å². The van der Waals surface area contributed by atoms with E-state index in [9.17, 15) is 4.79 Å². The van der Waals surface area contributed by atoms with Crippen LogP contribution in [0.1, 0.15) is 17.3 Å². The first-order valence-electron chi connectivity index (χ1n) is 4.32. The second-order valence-corrected chi connectivity index (χ2v) is 3.07. The fourth-order valence-electron chi connectivity index (χ4n) is 0.917. The lowest BCUT2D eigenvalue weighted by molar-refractivity contribution is 0.104. The van der Waals surface area contributed by atoms with E-state index in [2.05, 4.69) is 0 Å². The summed E-state index contributed by atoms with van der Waals surface area (Å²) < 4.78 is 4.92. The average molecular weight is 211 g/mol. The van der Waals surface area contributed by atoms with E-state index in [1.165, 1.54) is 12.3 Å². The van der Waals surface area contributed by atoms with Crippen LogP contribution in [0.4, 0.5) is 0 Å². The first kappa shape index (κ1) is 10.8. The molecule has 2 nitrogen and oxygen atoms in total. The van der Waals surface area contributed by atoms with Crippen LogP contribution in [-0.4, -0.2) is 12.4 Å². The van der Waals surface area contributed by atoms with Crippen molar-refractivity contribution in [3.8, 4) is 0 Å². The molecular formula is C11H11ClO2. The van der Waals surface area contributed by atoms with Crippen molar-refractivity contribution < 1.29 is 9.53 Å². The summed E-state index contributed by atoms with van der Waals surface area (Å²) in [5, 5.41) is 0.621. The Morgan fingerprint density at radius 1 is 1.43 bits per heavy atom. The van der Waals surface area contributed by atoms with Gasteiger partial charge in [0.05, 0.1) is 12.9 Å². The molecule has 0 aliphatic rings. The van der Waals surface area contributed by atoms with Crippen molar-refractivity contribution in [3.05, 3.63) is 47.2 Å². The Kier molecular flexibility index (Phi) is 4.20. The van der Waals surface area contributed by atoms with Gasteiger partial charge in [0.1, 0.15) is 0 Å². The number of allylic oxidation sites excluding steroid dienone is 1. The lowest BCUT2D eigenvalue weighted by Gasteiger charge is -1.96. The van der Waals surface area contributed by atoms with Crippen molar-refractivity contribution in [2.45, 2.75) is 6.92 Å². The number of hydrogen-bond donors (Lipinski definition) is 0. The van der Waals surface area contributed by atoms with E-state index in [0.29, 0.717) is 17.2 Å². The molecule has 0 bridgehead atoms. The SMILES string of the molecule is CCO/C=C/C(=O)c1ccc(Cl)cc1. The zero-order chi connectivity index (χ0) is 10.4. The molecule has 0 spiro atoms.